The predicted molar refractivity (Wildman–Crippen MR) is 30.4 cm³/mol. The summed E-state index contributed by atoms with van der Waals surface area (Å²) in [4.78, 5) is 10.7. The average molecular weight is 106 g/mol. The maximum atomic E-state index is 10.7. The van der Waals surface area contributed by atoms with Gasteiger partial charge in [0.2, 0.25) is 0 Å². The SMILES string of the molecule is O=C1C=C2CC=C1C2. The molecule has 2 aliphatic carbocycles. The first-order valence-electron chi connectivity index (χ1n) is 2.79. The highest BCUT2D eigenvalue weighted by atomic mass is 16.1. The molecule has 0 atom stereocenters. The third kappa shape index (κ3) is 0.340. The van der Waals surface area contributed by atoms with E-state index in [-0.39, 0.29) is 5.78 Å². The van der Waals surface area contributed by atoms with Crippen LogP contribution >= 0.6 is 0 Å². The Balaban J connectivity index is 2.54. The molecule has 0 aromatic heterocycles. The summed E-state index contributed by atoms with van der Waals surface area (Å²) in [7, 11) is 0. The standard InChI is InChI=1S/C7H6O/c8-7-4-5-1-2-6(7)3-5/h2,4H,1,3H2. The van der Waals surface area contributed by atoms with Gasteiger partial charge in [-0.25, -0.2) is 0 Å². The second-order valence-corrected chi connectivity index (χ2v) is 2.28. The van der Waals surface area contributed by atoms with E-state index in [1.807, 2.05) is 6.08 Å². The van der Waals surface area contributed by atoms with Crippen LogP contribution in [0.3, 0.4) is 0 Å². The lowest BCUT2D eigenvalue weighted by atomic mass is 10.2. The molecule has 0 spiro atoms. The fraction of sp³-hybridized carbons (Fsp3) is 0.286. The van der Waals surface area contributed by atoms with Gasteiger partial charge >= 0.3 is 0 Å². The minimum Gasteiger partial charge on any atom is -0.290 e. The van der Waals surface area contributed by atoms with Crippen LogP contribution in [0.25, 0.3) is 0 Å². The Bertz CT molecular complexity index is 208. The molecule has 1 nitrogen and oxygen atoms in total. The second kappa shape index (κ2) is 1.10. The lowest BCUT2D eigenvalue weighted by Crippen LogP contribution is -1.89. The average Bonchev–Trinajstić information content (AvgIpc) is 2.23. The first-order valence-corrected chi connectivity index (χ1v) is 2.79. The monoisotopic (exact) mass is 106 g/mol. The topological polar surface area (TPSA) is 17.1 Å². The minimum absolute atomic E-state index is 0.242. The lowest BCUT2D eigenvalue weighted by molar-refractivity contribution is -0.111. The summed E-state index contributed by atoms with van der Waals surface area (Å²) in [5.74, 6) is 0.242. The summed E-state index contributed by atoms with van der Waals surface area (Å²) in [5, 5.41) is 0. The third-order valence-corrected chi connectivity index (χ3v) is 1.68. The minimum atomic E-state index is 0.242. The maximum Gasteiger partial charge on any atom is 0.181 e. The van der Waals surface area contributed by atoms with Crippen LogP contribution in [0.1, 0.15) is 12.8 Å². The highest BCUT2D eigenvalue weighted by Gasteiger charge is 2.22. The van der Waals surface area contributed by atoms with Crippen molar-refractivity contribution in [1.82, 2.24) is 0 Å². The number of fused-ring (bicyclic) bond motifs is 2. The summed E-state index contributed by atoms with van der Waals surface area (Å²) in [6.07, 6.45) is 5.76. The summed E-state index contributed by atoms with van der Waals surface area (Å²) < 4.78 is 0. The summed E-state index contributed by atoms with van der Waals surface area (Å²) >= 11 is 0. The van der Waals surface area contributed by atoms with E-state index in [4.69, 9.17) is 0 Å². The molecule has 8 heavy (non-hydrogen) atoms. The lowest BCUT2D eigenvalue weighted by Gasteiger charge is -1.86. The number of carbonyl (C=O) groups excluding carboxylic acids is 1. The maximum absolute atomic E-state index is 10.7. The fourth-order valence-corrected chi connectivity index (χ4v) is 1.22. The van der Waals surface area contributed by atoms with Gasteiger partial charge in [-0.15, -0.1) is 0 Å². The molecule has 2 aliphatic rings. The van der Waals surface area contributed by atoms with Crippen LogP contribution in [0.2, 0.25) is 0 Å². The highest BCUT2D eigenvalue weighted by Crippen LogP contribution is 2.31. The van der Waals surface area contributed by atoms with Gasteiger partial charge in [0.25, 0.3) is 0 Å². The van der Waals surface area contributed by atoms with Gasteiger partial charge in [-0.2, -0.15) is 0 Å². The molecule has 40 valence electrons. The molecule has 0 aliphatic heterocycles. The van der Waals surface area contributed by atoms with E-state index >= 15 is 0 Å². The molecule has 0 fully saturated rings. The molecular formula is C7H6O. The van der Waals surface area contributed by atoms with Gasteiger partial charge in [-0.3, -0.25) is 4.79 Å². The zero-order valence-electron chi connectivity index (χ0n) is 4.48. The van der Waals surface area contributed by atoms with Crippen LogP contribution in [0.5, 0.6) is 0 Å². The van der Waals surface area contributed by atoms with Crippen molar-refractivity contribution in [1.29, 1.82) is 0 Å². The van der Waals surface area contributed by atoms with Crippen molar-refractivity contribution >= 4 is 5.78 Å². The van der Waals surface area contributed by atoms with E-state index in [0.717, 1.165) is 18.4 Å². The fourth-order valence-electron chi connectivity index (χ4n) is 1.22. The van der Waals surface area contributed by atoms with Crippen molar-refractivity contribution in [2.75, 3.05) is 0 Å². The van der Waals surface area contributed by atoms with Crippen LogP contribution in [0.4, 0.5) is 0 Å². The largest absolute Gasteiger partial charge is 0.290 e. The second-order valence-electron chi connectivity index (χ2n) is 2.28. The normalized spacial score (nSPS) is 23.8. The Hall–Kier alpha value is -0.850. The Morgan fingerprint density at radius 3 is 2.62 bits per heavy atom. The Morgan fingerprint density at radius 1 is 1.50 bits per heavy atom. The molecule has 0 heterocycles. The Morgan fingerprint density at radius 2 is 2.38 bits per heavy atom. The van der Waals surface area contributed by atoms with E-state index in [9.17, 15) is 4.79 Å². The molecule has 0 radical (unpaired) electrons. The first kappa shape index (κ1) is 4.07. The van der Waals surface area contributed by atoms with Gasteiger partial charge in [0.15, 0.2) is 5.78 Å². The number of ketones is 1. The zero-order valence-corrected chi connectivity index (χ0v) is 4.48. The third-order valence-electron chi connectivity index (χ3n) is 1.68. The summed E-state index contributed by atoms with van der Waals surface area (Å²) in [6.45, 7) is 0. The molecule has 0 N–H and O–H groups in total. The smallest absolute Gasteiger partial charge is 0.181 e. The Labute approximate surface area is 47.7 Å². The molecule has 0 aromatic rings. The molecule has 0 saturated carbocycles. The molecule has 2 bridgehead atoms. The van der Waals surface area contributed by atoms with Gasteiger partial charge in [0.1, 0.15) is 0 Å². The molecule has 2 rings (SSSR count). The van der Waals surface area contributed by atoms with Crippen molar-refractivity contribution in [3.05, 3.63) is 23.3 Å². The van der Waals surface area contributed by atoms with E-state index < -0.39 is 0 Å². The molecule has 1 heteroatoms. The number of carbonyl (C=O) groups is 1. The van der Waals surface area contributed by atoms with Crippen LogP contribution in [0.15, 0.2) is 23.3 Å². The number of hydrogen-bond acceptors (Lipinski definition) is 1. The molecule has 0 saturated heterocycles. The highest BCUT2D eigenvalue weighted by molar-refractivity contribution is 6.08. The molecule has 0 unspecified atom stereocenters. The van der Waals surface area contributed by atoms with Crippen molar-refractivity contribution < 1.29 is 4.79 Å². The molecule has 0 aromatic carbocycles. The van der Waals surface area contributed by atoms with Gasteiger partial charge in [0.05, 0.1) is 0 Å². The van der Waals surface area contributed by atoms with Crippen molar-refractivity contribution in [3.8, 4) is 0 Å². The van der Waals surface area contributed by atoms with E-state index in [2.05, 4.69) is 0 Å². The van der Waals surface area contributed by atoms with Crippen molar-refractivity contribution in [2.24, 2.45) is 0 Å². The van der Waals surface area contributed by atoms with Crippen LogP contribution in [-0.2, 0) is 4.79 Å². The summed E-state index contributed by atoms with van der Waals surface area (Å²) in [6, 6.07) is 0. The van der Waals surface area contributed by atoms with Crippen molar-refractivity contribution in [2.45, 2.75) is 12.8 Å². The van der Waals surface area contributed by atoms with Gasteiger partial charge in [-0.05, 0) is 24.5 Å². The first-order chi connectivity index (χ1) is 3.86. The van der Waals surface area contributed by atoms with E-state index in [1.165, 1.54) is 5.57 Å². The predicted octanol–water partition coefficient (Wildman–Crippen LogP) is 1.22. The number of allylic oxidation sites excluding steroid dienone is 4. The quantitative estimate of drug-likeness (QED) is 0.453. The Kier molecular flexibility index (Phi) is 0.562. The van der Waals surface area contributed by atoms with Crippen LogP contribution in [0, 0.1) is 0 Å². The van der Waals surface area contributed by atoms with Crippen LogP contribution < -0.4 is 0 Å². The number of rotatable bonds is 0. The van der Waals surface area contributed by atoms with Gasteiger partial charge in [0, 0.05) is 0 Å². The van der Waals surface area contributed by atoms with Crippen molar-refractivity contribution in [3.63, 3.8) is 0 Å². The number of hydrogen-bond donors (Lipinski definition) is 0. The van der Waals surface area contributed by atoms with E-state index in [1.54, 1.807) is 6.08 Å². The molecular weight excluding hydrogens is 100 g/mol. The van der Waals surface area contributed by atoms with E-state index in [0.29, 0.717) is 0 Å². The van der Waals surface area contributed by atoms with Gasteiger partial charge < -0.3 is 0 Å². The zero-order chi connectivity index (χ0) is 5.56. The summed E-state index contributed by atoms with van der Waals surface area (Å²) in [5.41, 5.74) is 2.31. The van der Waals surface area contributed by atoms with Crippen LogP contribution in [-0.4, -0.2) is 5.78 Å². The molecule has 0 amide bonds. The van der Waals surface area contributed by atoms with Gasteiger partial charge in [-0.1, -0.05) is 11.6 Å².